The summed E-state index contributed by atoms with van der Waals surface area (Å²) in [7, 11) is 0. The summed E-state index contributed by atoms with van der Waals surface area (Å²) in [6, 6.07) is 10.6. The van der Waals surface area contributed by atoms with Crippen LogP contribution in [0.15, 0.2) is 54.4 Å². The van der Waals surface area contributed by atoms with Crippen LogP contribution in [0.2, 0.25) is 0 Å². The second kappa shape index (κ2) is 7.50. The second-order valence-corrected chi connectivity index (χ2v) is 6.39. The Kier molecular flexibility index (Phi) is 5.17. The first kappa shape index (κ1) is 15.2. The third-order valence-electron chi connectivity index (χ3n) is 4.75. The van der Waals surface area contributed by atoms with E-state index in [1.807, 2.05) is 18.2 Å². The Morgan fingerprint density at radius 2 is 2.00 bits per heavy atom. The van der Waals surface area contributed by atoms with E-state index in [9.17, 15) is 5.11 Å². The van der Waals surface area contributed by atoms with Crippen molar-refractivity contribution in [1.82, 2.24) is 10.2 Å². The van der Waals surface area contributed by atoms with Crippen LogP contribution in [-0.2, 0) is 6.54 Å². The normalized spacial score (nSPS) is 25.6. The molecule has 2 N–H and O–H groups in total. The average Bonchev–Trinajstić information content (AvgIpc) is 2.80. The Hall–Kier alpha value is -1.74. The van der Waals surface area contributed by atoms with Crippen molar-refractivity contribution in [2.45, 2.75) is 38.3 Å². The molecule has 22 heavy (non-hydrogen) atoms. The molecule has 0 amide bonds. The zero-order valence-electron chi connectivity index (χ0n) is 13.1. The maximum atomic E-state index is 10.4. The zero-order valence-corrected chi connectivity index (χ0v) is 13.1. The highest BCUT2D eigenvalue weighted by Gasteiger charge is 2.26. The van der Waals surface area contributed by atoms with Crippen LogP contribution in [0, 0.1) is 5.92 Å². The summed E-state index contributed by atoms with van der Waals surface area (Å²) >= 11 is 0. The van der Waals surface area contributed by atoms with Gasteiger partial charge in [-0.25, -0.2) is 0 Å². The van der Waals surface area contributed by atoms with Gasteiger partial charge >= 0.3 is 0 Å². The van der Waals surface area contributed by atoms with E-state index in [1.165, 1.54) is 24.8 Å². The standard InChI is InChI=1S/C19H26N2O/c22-19-9-5-13-21(15-17-6-2-1-3-7-17)18(19)14-16-8-4-11-20-12-10-16/h1-3,5-7,9,13,16,18,20,22H,4,8,10-12,14-15H2. The third kappa shape index (κ3) is 3.92. The summed E-state index contributed by atoms with van der Waals surface area (Å²) < 4.78 is 0. The average molecular weight is 298 g/mol. The molecule has 2 atom stereocenters. The number of rotatable bonds is 4. The molecule has 0 saturated carbocycles. The minimum Gasteiger partial charge on any atom is -0.510 e. The van der Waals surface area contributed by atoms with E-state index in [4.69, 9.17) is 0 Å². The highest BCUT2D eigenvalue weighted by atomic mass is 16.3. The van der Waals surface area contributed by atoms with Crippen molar-refractivity contribution in [3.63, 3.8) is 0 Å². The first-order chi connectivity index (χ1) is 10.8. The van der Waals surface area contributed by atoms with Crippen LogP contribution < -0.4 is 5.32 Å². The molecule has 0 spiro atoms. The molecule has 1 saturated heterocycles. The van der Waals surface area contributed by atoms with E-state index in [2.05, 4.69) is 40.7 Å². The lowest BCUT2D eigenvalue weighted by molar-refractivity contribution is 0.186. The lowest BCUT2D eigenvalue weighted by Crippen LogP contribution is -2.35. The number of nitrogens with zero attached hydrogens (tertiary/aromatic N) is 1. The predicted octanol–water partition coefficient (Wildman–Crippen LogP) is 3.61. The molecular weight excluding hydrogens is 272 g/mol. The number of allylic oxidation sites excluding steroid dienone is 2. The van der Waals surface area contributed by atoms with Gasteiger partial charge in [-0.2, -0.15) is 0 Å². The van der Waals surface area contributed by atoms with Gasteiger partial charge in [0, 0.05) is 12.7 Å². The molecule has 0 aliphatic carbocycles. The van der Waals surface area contributed by atoms with Gasteiger partial charge in [-0.15, -0.1) is 0 Å². The van der Waals surface area contributed by atoms with Gasteiger partial charge in [0.2, 0.25) is 0 Å². The molecule has 0 aromatic heterocycles. The molecule has 0 radical (unpaired) electrons. The zero-order chi connectivity index (χ0) is 15.2. The van der Waals surface area contributed by atoms with Crippen LogP contribution >= 0.6 is 0 Å². The van der Waals surface area contributed by atoms with Gasteiger partial charge in [-0.1, -0.05) is 30.3 Å². The summed E-state index contributed by atoms with van der Waals surface area (Å²) in [6.07, 6.45) is 10.7. The maximum Gasteiger partial charge on any atom is 0.115 e. The van der Waals surface area contributed by atoms with Crippen LogP contribution in [-0.4, -0.2) is 29.1 Å². The van der Waals surface area contributed by atoms with Crippen LogP contribution in [0.3, 0.4) is 0 Å². The van der Waals surface area contributed by atoms with Crippen molar-refractivity contribution < 1.29 is 5.11 Å². The first-order valence-corrected chi connectivity index (χ1v) is 8.40. The monoisotopic (exact) mass is 298 g/mol. The molecule has 2 heterocycles. The summed E-state index contributed by atoms with van der Waals surface area (Å²) in [4.78, 5) is 2.28. The van der Waals surface area contributed by atoms with Gasteiger partial charge in [0.1, 0.15) is 5.76 Å². The number of hydrogen-bond donors (Lipinski definition) is 2. The number of nitrogens with one attached hydrogen (secondary N) is 1. The highest BCUT2D eigenvalue weighted by molar-refractivity contribution is 5.21. The fourth-order valence-electron chi connectivity index (χ4n) is 3.49. The maximum absolute atomic E-state index is 10.4. The van der Waals surface area contributed by atoms with E-state index in [0.717, 1.165) is 26.1 Å². The van der Waals surface area contributed by atoms with E-state index in [0.29, 0.717) is 11.7 Å². The molecule has 3 nitrogen and oxygen atoms in total. The number of aliphatic hydroxyl groups is 1. The molecule has 2 aliphatic rings. The molecule has 1 aromatic carbocycles. The number of benzene rings is 1. The van der Waals surface area contributed by atoms with Crippen molar-refractivity contribution in [3.05, 3.63) is 60.0 Å². The summed E-state index contributed by atoms with van der Waals surface area (Å²) in [5.41, 5.74) is 1.29. The van der Waals surface area contributed by atoms with Gasteiger partial charge in [-0.3, -0.25) is 0 Å². The van der Waals surface area contributed by atoms with E-state index in [1.54, 1.807) is 0 Å². The fourth-order valence-corrected chi connectivity index (χ4v) is 3.49. The van der Waals surface area contributed by atoms with Crippen molar-refractivity contribution in [3.8, 4) is 0 Å². The molecule has 0 bridgehead atoms. The van der Waals surface area contributed by atoms with E-state index in [-0.39, 0.29) is 6.04 Å². The summed E-state index contributed by atoms with van der Waals surface area (Å²) in [6.45, 7) is 3.10. The predicted molar refractivity (Wildman–Crippen MR) is 90.5 cm³/mol. The van der Waals surface area contributed by atoms with Crippen LogP contribution in [0.4, 0.5) is 0 Å². The molecule has 3 heteroatoms. The topological polar surface area (TPSA) is 35.5 Å². The van der Waals surface area contributed by atoms with Gasteiger partial charge in [-0.05, 0) is 62.4 Å². The highest BCUT2D eigenvalue weighted by Crippen LogP contribution is 2.28. The molecule has 3 rings (SSSR count). The van der Waals surface area contributed by atoms with Crippen LogP contribution in [0.5, 0.6) is 0 Å². The van der Waals surface area contributed by atoms with Crippen LogP contribution in [0.1, 0.15) is 31.2 Å². The minimum atomic E-state index is 0.119. The lowest BCUT2D eigenvalue weighted by Gasteiger charge is -2.34. The Morgan fingerprint density at radius 3 is 2.86 bits per heavy atom. The van der Waals surface area contributed by atoms with Crippen molar-refractivity contribution >= 4 is 0 Å². The van der Waals surface area contributed by atoms with E-state index >= 15 is 0 Å². The van der Waals surface area contributed by atoms with Gasteiger partial charge < -0.3 is 15.3 Å². The molecule has 118 valence electrons. The smallest absolute Gasteiger partial charge is 0.115 e. The number of hydrogen-bond acceptors (Lipinski definition) is 3. The Bertz CT molecular complexity index is 515. The van der Waals surface area contributed by atoms with Crippen molar-refractivity contribution in [2.24, 2.45) is 5.92 Å². The Balaban J connectivity index is 1.68. The largest absolute Gasteiger partial charge is 0.510 e. The quantitative estimate of drug-likeness (QED) is 0.891. The van der Waals surface area contributed by atoms with Gasteiger partial charge in [0.15, 0.2) is 0 Å². The first-order valence-electron chi connectivity index (χ1n) is 8.40. The Morgan fingerprint density at radius 1 is 1.14 bits per heavy atom. The Labute approximate surface area is 133 Å². The molecule has 2 aliphatic heterocycles. The molecule has 2 unspecified atom stereocenters. The van der Waals surface area contributed by atoms with Gasteiger partial charge in [0.25, 0.3) is 0 Å². The third-order valence-corrected chi connectivity index (χ3v) is 4.75. The second-order valence-electron chi connectivity index (χ2n) is 6.39. The summed E-state index contributed by atoms with van der Waals surface area (Å²) in [5.74, 6) is 1.20. The van der Waals surface area contributed by atoms with Crippen molar-refractivity contribution in [2.75, 3.05) is 13.1 Å². The summed E-state index contributed by atoms with van der Waals surface area (Å²) in [5, 5.41) is 13.8. The SMILES string of the molecule is OC1=CC=CN(Cc2ccccc2)C1CC1CCCNCC1. The fraction of sp³-hybridized carbons (Fsp3) is 0.474. The number of aliphatic hydroxyl groups excluding tert-OH is 1. The molecule has 1 fully saturated rings. The van der Waals surface area contributed by atoms with Crippen molar-refractivity contribution in [1.29, 1.82) is 0 Å². The van der Waals surface area contributed by atoms with Crippen LogP contribution in [0.25, 0.3) is 0 Å². The molecular formula is C19H26N2O. The lowest BCUT2D eigenvalue weighted by atomic mass is 9.90. The van der Waals surface area contributed by atoms with E-state index < -0.39 is 0 Å². The van der Waals surface area contributed by atoms with Gasteiger partial charge in [0.05, 0.1) is 6.04 Å². The minimum absolute atomic E-state index is 0.119. The molecule has 1 aromatic rings.